The maximum atomic E-state index is 12.0. The van der Waals surface area contributed by atoms with Crippen LogP contribution in [-0.2, 0) is 9.53 Å². The van der Waals surface area contributed by atoms with Gasteiger partial charge in [-0.1, -0.05) is 37.6 Å². The van der Waals surface area contributed by atoms with Crippen molar-refractivity contribution >= 4 is 23.2 Å². The SMILES string of the molecule is COc1cccc([C@H]2OCC(=O)Nc3ccc(Cl)cc32)c1C(C)C. The van der Waals surface area contributed by atoms with E-state index in [0.717, 1.165) is 28.1 Å². The predicted molar refractivity (Wildman–Crippen MR) is 95.0 cm³/mol. The molecule has 1 N–H and O–H groups in total. The highest BCUT2D eigenvalue weighted by Crippen LogP contribution is 2.41. The number of methoxy groups -OCH3 is 1. The minimum Gasteiger partial charge on any atom is -0.496 e. The van der Waals surface area contributed by atoms with Crippen LogP contribution in [0.3, 0.4) is 0 Å². The first-order valence-electron chi connectivity index (χ1n) is 7.89. The highest BCUT2D eigenvalue weighted by atomic mass is 35.5. The number of benzene rings is 2. The summed E-state index contributed by atoms with van der Waals surface area (Å²) in [5, 5.41) is 3.48. The Morgan fingerprint density at radius 2 is 2.04 bits per heavy atom. The van der Waals surface area contributed by atoms with E-state index >= 15 is 0 Å². The van der Waals surface area contributed by atoms with E-state index in [-0.39, 0.29) is 24.5 Å². The summed E-state index contributed by atoms with van der Waals surface area (Å²) < 4.78 is 11.5. The first-order valence-corrected chi connectivity index (χ1v) is 8.26. The van der Waals surface area contributed by atoms with Crippen LogP contribution < -0.4 is 10.1 Å². The van der Waals surface area contributed by atoms with Crippen LogP contribution in [-0.4, -0.2) is 19.6 Å². The van der Waals surface area contributed by atoms with E-state index in [1.165, 1.54) is 0 Å². The summed E-state index contributed by atoms with van der Waals surface area (Å²) in [5.41, 5.74) is 3.64. The molecule has 1 aliphatic heterocycles. The van der Waals surface area contributed by atoms with Crippen molar-refractivity contribution in [3.05, 3.63) is 58.1 Å². The number of carbonyl (C=O) groups excluding carboxylic acids is 1. The van der Waals surface area contributed by atoms with Gasteiger partial charge in [0.15, 0.2) is 0 Å². The fourth-order valence-electron chi connectivity index (χ4n) is 3.14. The van der Waals surface area contributed by atoms with Gasteiger partial charge in [-0.3, -0.25) is 4.79 Å². The molecule has 0 saturated heterocycles. The molecule has 0 saturated carbocycles. The largest absolute Gasteiger partial charge is 0.496 e. The molecule has 1 amide bonds. The first kappa shape index (κ1) is 16.8. The van der Waals surface area contributed by atoms with E-state index < -0.39 is 0 Å². The van der Waals surface area contributed by atoms with E-state index in [9.17, 15) is 4.79 Å². The van der Waals surface area contributed by atoms with Crippen molar-refractivity contribution in [2.24, 2.45) is 0 Å². The van der Waals surface area contributed by atoms with Gasteiger partial charge in [-0.05, 0) is 35.7 Å². The predicted octanol–water partition coefficient (Wildman–Crippen LogP) is 4.53. The highest BCUT2D eigenvalue weighted by molar-refractivity contribution is 6.30. The number of fused-ring (bicyclic) bond motifs is 1. The summed E-state index contributed by atoms with van der Waals surface area (Å²) in [6, 6.07) is 11.3. The van der Waals surface area contributed by atoms with Gasteiger partial charge in [0.25, 0.3) is 0 Å². The topological polar surface area (TPSA) is 47.6 Å². The molecule has 2 aromatic carbocycles. The van der Waals surface area contributed by atoms with Crippen molar-refractivity contribution in [1.29, 1.82) is 0 Å². The Balaban J connectivity index is 2.20. The maximum absolute atomic E-state index is 12.0. The number of hydrogen-bond donors (Lipinski definition) is 1. The van der Waals surface area contributed by atoms with Crippen LogP contribution in [0.15, 0.2) is 36.4 Å². The molecule has 0 aromatic heterocycles. The minimum absolute atomic E-state index is 0.00822. The van der Waals surface area contributed by atoms with Crippen molar-refractivity contribution in [2.45, 2.75) is 25.9 Å². The first-order chi connectivity index (χ1) is 11.5. The molecule has 0 radical (unpaired) electrons. The second-order valence-corrected chi connectivity index (χ2v) is 6.53. The summed E-state index contributed by atoms with van der Waals surface area (Å²) in [7, 11) is 1.66. The van der Waals surface area contributed by atoms with Gasteiger partial charge in [0.2, 0.25) is 5.91 Å². The minimum atomic E-state index is -0.384. The average Bonchev–Trinajstić information content (AvgIpc) is 2.72. The van der Waals surface area contributed by atoms with Crippen LogP contribution in [0.4, 0.5) is 5.69 Å². The van der Waals surface area contributed by atoms with Crippen LogP contribution >= 0.6 is 11.6 Å². The van der Waals surface area contributed by atoms with E-state index in [1.807, 2.05) is 30.3 Å². The van der Waals surface area contributed by atoms with Crippen molar-refractivity contribution in [3.8, 4) is 5.75 Å². The summed E-state index contributed by atoms with van der Waals surface area (Å²) >= 11 is 6.19. The van der Waals surface area contributed by atoms with Crippen molar-refractivity contribution in [1.82, 2.24) is 0 Å². The number of anilines is 1. The molecule has 0 aliphatic carbocycles. The molecule has 1 aliphatic rings. The van der Waals surface area contributed by atoms with Crippen LogP contribution in [0.5, 0.6) is 5.75 Å². The Morgan fingerprint density at radius 3 is 2.75 bits per heavy atom. The molecule has 1 atom stereocenters. The van der Waals surface area contributed by atoms with Crippen molar-refractivity contribution in [2.75, 3.05) is 19.0 Å². The molecule has 5 heteroatoms. The van der Waals surface area contributed by atoms with Gasteiger partial charge in [-0.2, -0.15) is 0 Å². The number of halogens is 1. The number of ether oxygens (including phenoxy) is 2. The smallest absolute Gasteiger partial charge is 0.250 e. The second kappa shape index (κ2) is 6.83. The molecular formula is C19H20ClNO3. The third-order valence-corrected chi connectivity index (χ3v) is 4.37. The zero-order valence-electron chi connectivity index (χ0n) is 13.9. The maximum Gasteiger partial charge on any atom is 0.250 e. The van der Waals surface area contributed by atoms with Gasteiger partial charge >= 0.3 is 0 Å². The van der Waals surface area contributed by atoms with Gasteiger partial charge < -0.3 is 14.8 Å². The zero-order chi connectivity index (χ0) is 17.3. The lowest BCUT2D eigenvalue weighted by molar-refractivity contribution is -0.121. The molecule has 126 valence electrons. The summed E-state index contributed by atoms with van der Waals surface area (Å²) in [4.78, 5) is 12.0. The highest BCUT2D eigenvalue weighted by Gasteiger charge is 2.28. The fraction of sp³-hybridized carbons (Fsp3) is 0.316. The third kappa shape index (κ3) is 3.12. The van der Waals surface area contributed by atoms with Gasteiger partial charge in [-0.15, -0.1) is 0 Å². The summed E-state index contributed by atoms with van der Waals surface area (Å²) in [6.07, 6.45) is -0.384. The number of rotatable bonds is 3. The summed E-state index contributed by atoms with van der Waals surface area (Å²) in [6.45, 7) is 4.21. The fourth-order valence-corrected chi connectivity index (χ4v) is 3.32. The standard InChI is InChI=1S/C19H20ClNO3/c1-11(2)18-13(5-4-6-16(18)23-3)19-14-9-12(20)7-8-15(14)21-17(22)10-24-19/h4-9,11,19H,10H2,1-3H3,(H,21,22)/t19-/m1/s1. The molecular weight excluding hydrogens is 326 g/mol. The van der Waals surface area contributed by atoms with E-state index in [4.69, 9.17) is 21.1 Å². The molecule has 1 heterocycles. The van der Waals surface area contributed by atoms with Crippen LogP contribution in [0.25, 0.3) is 0 Å². The van der Waals surface area contributed by atoms with Gasteiger partial charge in [-0.25, -0.2) is 0 Å². The van der Waals surface area contributed by atoms with Crippen LogP contribution in [0.2, 0.25) is 5.02 Å². The number of amides is 1. The molecule has 3 rings (SSSR count). The van der Waals surface area contributed by atoms with Gasteiger partial charge in [0.05, 0.1) is 7.11 Å². The van der Waals surface area contributed by atoms with Crippen LogP contribution in [0, 0.1) is 0 Å². The lowest BCUT2D eigenvalue weighted by Gasteiger charge is -2.24. The Morgan fingerprint density at radius 1 is 1.25 bits per heavy atom. The van der Waals surface area contributed by atoms with Crippen molar-refractivity contribution < 1.29 is 14.3 Å². The number of nitrogens with one attached hydrogen (secondary N) is 1. The quantitative estimate of drug-likeness (QED) is 0.889. The van der Waals surface area contributed by atoms with Crippen LogP contribution in [0.1, 0.15) is 42.6 Å². The van der Waals surface area contributed by atoms with E-state index in [0.29, 0.717) is 5.02 Å². The van der Waals surface area contributed by atoms with E-state index in [2.05, 4.69) is 19.2 Å². The van der Waals surface area contributed by atoms with Gasteiger partial charge in [0, 0.05) is 21.8 Å². The molecule has 0 unspecified atom stereocenters. The Labute approximate surface area is 146 Å². The number of carbonyl (C=O) groups is 1. The lowest BCUT2D eigenvalue weighted by atomic mass is 9.89. The Bertz CT molecular complexity index is 773. The Hall–Kier alpha value is -2.04. The normalized spacial score (nSPS) is 17.2. The van der Waals surface area contributed by atoms with Crippen molar-refractivity contribution in [3.63, 3.8) is 0 Å². The molecule has 0 fully saturated rings. The zero-order valence-corrected chi connectivity index (χ0v) is 14.7. The van der Waals surface area contributed by atoms with E-state index in [1.54, 1.807) is 13.2 Å². The monoisotopic (exact) mass is 345 g/mol. The second-order valence-electron chi connectivity index (χ2n) is 6.09. The molecule has 0 bridgehead atoms. The molecule has 0 spiro atoms. The Kier molecular flexibility index (Phi) is 4.78. The molecule has 2 aromatic rings. The molecule has 4 nitrogen and oxygen atoms in total. The average molecular weight is 346 g/mol. The third-order valence-electron chi connectivity index (χ3n) is 4.13. The summed E-state index contributed by atoms with van der Waals surface area (Å²) in [5.74, 6) is 0.891. The molecule has 24 heavy (non-hydrogen) atoms. The number of hydrogen-bond acceptors (Lipinski definition) is 3. The lowest BCUT2D eigenvalue weighted by Crippen LogP contribution is -2.16. The van der Waals surface area contributed by atoms with Gasteiger partial charge in [0.1, 0.15) is 18.5 Å².